The molecule has 2 rings (SSSR count). The van der Waals surface area contributed by atoms with Crippen molar-refractivity contribution in [2.24, 2.45) is 0 Å². The minimum atomic E-state index is -4.45. The van der Waals surface area contributed by atoms with Gasteiger partial charge in [-0.15, -0.1) is 0 Å². The number of nitrogens with one attached hydrogen (secondary N) is 1. The van der Waals surface area contributed by atoms with Crippen molar-refractivity contribution in [1.82, 2.24) is 4.98 Å². The quantitative estimate of drug-likeness (QED) is 0.890. The fraction of sp³-hybridized carbons (Fsp3) is 0.0769. The van der Waals surface area contributed by atoms with E-state index in [9.17, 15) is 18.0 Å². The van der Waals surface area contributed by atoms with E-state index in [4.69, 9.17) is 0 Å². The molecule has 0 aliphatic rings. The van der Waals surface area contributed by atoms with Crippen LogP contribution in [0.4, 0.5) is 18.9 Å². The highest BCUT2D eigenvalue weighted by Gasteiger charge is 2.30. The van der Waals surface area contributed by atoms with E-state index >= 15 is 0 Å². The molecule has 20 heavy (non-hydrogen) atoms. The highest BCUT2D eigenvalue weighted by molar-refractivity contribution is 9.10. The van der Waals surface area contributed by atoms with Crippen molar-refractivity contribution in [3.05, 3.63) is 58.3 Å². The molecule has 0 bridgehead atoms. The lowest BCUT2D eigenvalue weighted by Crippen LogP contribution is -2.14. The fourth-order valence-electron chi connectivity index (χ4n) is 1.50. The average Bonchev–Trinajstić information content (AvgIpc) is 2.38. The summed E-state index contributed by atoms with van der Waals surface area (Å²) < 4.78 is 38.3. The summed E-state index contributed by atoms with van der Waals surface area (Å²) in [5.74, 6) is -0.578. The number of rotatable bonds is 2. The molecule has 0 aliphatic heterocycles. The molecule has 0 unspecified atom stereocenters. The minimum Gasteiger partial charge on any atom is -0.321 e. The summed E-state index contributed by atoms with van der Waals surface area (Å²) in [6.45, 7) is 0. The van der Waals surface area contributed by atoms with E-state index in [1.807, 2.05) is 0 Å². The zero-order chi connectivity index (χ0) is 14.8. The third-order valence-electron chi connectivity index (χ3n) is 2.40. The van der Waals surface area contributed by atoms with Crippen LogP contribution in [0.15, 0.2) is 47.1 Å². The van der Waals surface area contributed by atoms with Crippen molar-refractivity contribution in [3.8, 4) is 0 Å². The van der Waals surface area contributed by atoms with Gasteiger partial charge in [-0.3, -0.25) is 9.78 Å². The molecule has 1 amide bonds. The van der Waals surface area contributed by atoms with E-state index in [0.29, 0.717) is 4.47 Å². The number of alkyl halides is 3. The lowest BCUT2D eigenvalue weighted by Gasteiger charge is -2.09. The van der Waals surface area contributed by atoms with Gasteiger partial charge in [0.1, 0.15) is 5.69 Å². The SMILES string of the molecule is O=C(Nc1cccc(C(F)(F)F)c1)c1cc(Br)ccn1. The van der Waals surface area contributed by atoms with E-state index < -0.39 is 17.6 Å². The van der Waals surface area contributed by atoms with Crippen LogP contribution in [-0.4, -0.2) is 10.9 Å². The third-order valence-corrected chi connectivity index (χ3v) is 2.90. The minimum absolute atomic E-state index is 0.0617. The van der Waals surface area contributed by atoms with Crippen LogP contribution in [0.2, 0.25) is 0 Å². The Morgan fingerprint density at radius 3 is 2.60 bits per heavy atom. The second kappa shape index (κ2) is 5.62. The molecular weight excluding hydrogens is 337 g/mol. The molecule has 0 saturated carbocycles. The van der Waals surface area contributed by atoms with Gasteiger partial charge in [0.25, 0.3) is 5.91 Å². The number of halogens is 4. The van der Waals surface area contributed by atoms with Crippen molar-refractivity contribution in [3.63, 3.8) is 0 Å². The Bertz CT molecular complexity index is 644. The largest absolute Gasteiger partial charge is 0.416 e. The molecule has 0 atom stereocenters. The number of nitrogens with zero attached hydrogens (tertiary/aromatic N) is 1. The number of aromatic nitrogens is 1. The number of amides is 1. The Hall–Kier alpha value is -1.89. The maximum atomic E-state index is 12.5. The normalized spacial score (nSPS) is 11.2. The van der Waals surface area contributed by atoms with Gasteiger partial charge in [-0.2, -0.15) is 13.2 Å². The van der Waals surface area contributed by atoms with Gasteiger partial charge in [0.2, 0.25) is 0 Å². The summed E-state index contributed by atoms with van der Waals surface area (Å²) in [6.07, 6.45) is -3.03. The number of carbonyl (C=O) groups excluding carboxylic acids is 1. The van der Waals surface area contributed by atoms with E-state index in [1.54, 1.807) is 6.07 Å². The lowest BCUT2D eigenvalue weighted by atomic mass is 10.2. The first-order valence-electron chi connectivity index (χ1n) is 5.46. The van der Waals surface area contributed by atoms with Gasteiger partial charge >= 0.3 is 6.18 Å². The lowest BCUT2D eigenvalue weighted by molar-refractivity contribution is -0.137. The second-order valence-corrected chi connectivity index (χ2v) is 4.81. The molecule has 1 N–H and O–H groups in total. The van der Waals surface area contributed by atoms with Gasteiger partial charge in [0, 0.05) is 16.4 Å². The Balaban J connectivity index is 2.20. The highest BCUT2D eigenvalue weighted by atomic mass is 79.9. The van der Waals surface area contributed by atoms with Gasteiger partial charge in [0.05, 0.1) is 5.56 Å². The molecule has 0 aliphatic carbocycles. The predicted molar refractivity (Wildman–Crippen MR) is 71.3 cm³/mol. The molecule has 0 radical (unpaired) electrons. The Labute approximate surface area is 121 Å². The van der Waals surface area contributed by atoms with Crippen LogP contribution >= 0.6 is 15.9 Å². The Morgan fingerprint density at radius 2 is 1.95 bits per heavy atom. The van der Waals surface area contributed by atoms with Crippen LogP contribution in [0.5, 0.6) is 0 Å². The number of anilines is 1. The first-order chi connectivity index (χ1) is 9.36. The fourth-order valence-corrected chi connectivity index (χ4v) is 1.83. The molecule has 3 nitrogen and oxygen atoms in total. The third kappa shape index (κ3) is 3.57. The van der Waals surface area contributed by atoms with E-state index in [2.05, 4.69) is 26.2 Å². The van der Waals surface area contributed by atoms with Gasteiger partial charge < -0.3 is 5.32 Å². The number of hydrogen-bond acceptors (Lipinski definition) is 2. The van der Waals surface area contributed by atoms with Gasteiger partial charge in [-0.1, -0.05) is 22.0 Å². The topological polar surface area (TPSA) is 42.0 Å². The summed E-state index contributed by atoms with van der Waals surface area (Å²) in [4.78, 5) is 15.7. The molecule has 1 heterocycles. The van der Waals surface area contributed by atoms with Crippen molar-refractivity contribution < 1.29 is 18.0 Å². The molecule has 2 aromatic rings. The molecule has 1 aromatic heterocycles. The van der Waals surface area contributed by atoms with Gasteiger partial charge in [-0.05, 0) is 30.3 Å². The molecule has 104 valence electrons. The van der Waals surface area contributed by atoms with E-state index in [0.717, 1.165) is 12.1 Å². The number of benzene rings is 1. The van der Waals surface area contributed by atoms with Crippen molar-refractivity contribution in [1.29, 1.82) is 0 Å². The molecular formula is C13H8BrF3N2O. The van der Waals surface area contributed by atoms with E-state index in [-0.39, 0.29) is 11.4 Å². The summed E-state index contributed by atoms with van der Waals surface area (Å²) in [6, 6.07) is 7.53. The molecule has 1 aromatic carbocycles. The zero-order valence-electron chi connectivity index (χ0n) is 9.91. The number of hydrogen-bond donors (Lipinski definition) is 1. The zero-order valence-corrected chi connectivity index (χ0v) is 11.5. The van der Waals surface area contributed by atoms with Crippen LogP contribution in [0, 0.1) is 0 Å². The molecule has 0 fully saturated rings. The second-order valence-electron chi connectivity index (χ2n) is 3.89. The van der Waals surface area contributed by atoms with Crippen molar-refractivity contribution in [2.75, 3.05) is 5.32 Å². The van der Waals surface area contributed by atoms with Crippen LogP contribution in [0.1, 0.15) is 16.1 Å². The molecule has 0 saturated heterocycles. The predicted octanol–water partition coefficient (Wildman–Crippen LogP) is 4.12. The summed E-state index contributed by atoms with van der Waals surface area (Å²) in [5, 5.41) is 2.38. The van der Waals surface area contributed by atoms with Crippen molar-refractivity contribution >= 4 is 27.5 Å². The van der Waals surface area contributed by atoms with Gasteiger partial charge in [0.15, 0.2) is 0 Å². The smallest absolute Gasteiger partial charge is 0.321 e. The van der Waals surface area contributed by atoms with Crippen LogP contribution in [0.3, 0.4) is 0 Å². The van der Waals surface area contributed by atoms with Crippen LogP contribution in [0.25, 0.3) is 0 Å². The van der Waals surface area contributed by atoms with Gasteiger partial charge in [-0.25, -0.2) is 0 Å². The first kappa shape index (κ1) is 14.5. The van der Waals surface area contributed by atoms with E-state index in [1.165, 1.54) is 24.4 Å². The van der Waals surface area contributed by atoms with Crippen molar-refractivity contribution in [2.45, 2.75) is 6.18 Å². The Morgan fingerprint density at radius 1 is 1.20 bits per heavy atom. The standard InChI is InChI=1S/C13H8BrF3N2O/c14-9-4-5-18-11(7-9)12(20)19-10-3-1-2-8(6-10)13(15,16)17/h1-7H,(H,19,20). The highest BCUT2D eigenvalue weighted by Crippen LogP contribution is 2.30. The molecule has 0 spiro atoms. The monoisotopic (exact) mass is 344 g/mol. The van der Waals surface area contributed by atoms with Crippen LogP contribution in [-0.2, 0) is 6.18 Å². The Kier molecular flexibility index (Phi) is 4.08. The number of pyridine rings is 1. The summed E-state index contributed by atoms with van der Waals surface area (Å²) in [7, 11) is 0. The number of carbonyl (C=O) groups is 1. The summed E-state index contributed by atoms with van der Waals surface area (Å²) in [5.41, 5.74) is -0.652. The summed E-state index contributed by atoms with van der Waals surface area (Å²) >= 11 is 3.18. The first-order valence-corrected chi connectivity index (χ1v) is 6.26. The van der Waals surface area contributed by atoms with Crippen LogP contribution < -0.4 is 5.32 Å². The maximum Gasteiger partial charge on any atom is 0.416 e. The maximum absolute atomic E-state index is 12.5. The average molecular weight is 345 g/mol. The molecule has 7 heteroatoms.